The third-order valence-corrected chi connectivity index (χ3v) is 4.45. The molecule has 0 heterocycles. The lowest BCUT2D eigenvalue weighted by molar-refractivity contribution is 0.0500. The Kier molecular flexibility index (Phi) is 4.81. The zero-order valence-electron chi connectivity index (χ0n) is 11.8. The maximum Gasteiger partial charge on any atom is 0.0354 e. The largest absolute Gasteiger partial charge is 0.326 e. The van der Waals surface area contributed by atoms with Crippen LogP contribution in [-0.4, -0.2) is 30.6 Å². The molecule has 2 N–H and O–H groups in total. The van der Waals surface area contributed by atoms with E-state index >= 15 is 0 Å². The zero-order chi connectivity index (χ0) is 12.3. The summed E-state index contributed by atoms with van der Waals surface area (Å²) in [5.74, 6) is 1.59. The van der Waals surface area contributed by atoms with E-state index in [2.05, 4.69) is 39.8 Å². The van der Waals surface area contributed by atoms with Crippen LogP contribution < -0.4 is 5.73 Å². The first-order valence-electron chi connectivity index (χ1n) is 6.81. The molecule has 0 saturated heterocycles. The molecule has 1 atom stereocenters. The molecule has 0 amide bonds. The lowest BCUT2D eigenvalue weighted by atomic mass is 9.70. The molecule has 0 bridgehead atoms. The molecule has 0 aliphatic heterocycles. The molecule has 1 aliphatic carbocycles. The normalized spacial score (nSPS) is 33.4. The van der Waals surface area contributed by atoms with Gasteiger partial charge in [-0.3, -0.25) is 0 Å². The maximum atomic E-state index is 6.49. The summed E-state index contributed by atoms with van der Waals surface area (Å²) in [7, 11) is 4.41. The molecule has 16 heavy (non-hydrogen) atoms. The van der Waals surface area contributed by atoms with Crippen LogP contribution in [0.25, 0.3) is 0 Å². The number of nitrogens with zero attached hydrogens (tertiary/aromatic N) is 1. The molecule has 1 unspecified atom stereocenters. The van der Waals surface area contributed by atoms with E-state index in [0.717, 1.165) is 12.3 Å². The Labute approximate surface area is 102 Å². The predicted molar refractivity (Wildman–Crippen MR) is 71.5 cm³/mol. The minimum absolute atomic E-state index is 0.261. The molecule has 96 valence electrons. The van der Waals surface area contributed by atoms with Crippen LogP contribution in [0.1, 0.15) is 52.9 Å². The van der Waals surface area contributed by atoms with Crippen molar-refractivity contribution in [2.24, 2.45) is 17.6 Å². The molecule has 1 saturated carbocycles. The van der Waals surface area contributed by atoms with Crippen molar-refractivity contribution >= 4 is 0 Å². The topological polar surface area (TPSA) is 29.3 Å². The Balaban J connectivity index is 2.72. The minimum atomic E-state index is 0.261. The number of hydrogen-bond donors (Lipinski definition) is 1. The van der Waals surface area contributed by atoms with Gasteiger partial charge in [-0.15, -0.1) is 0 Å². The highest BCUT2D eigenvalue weighted by molar-refractivity contribution is 5.00. The quantitative estimate of drug-likeness (QED) is 0.798. The van der Waals surface area contributed by atoms with Crippen LogP contribution in [0.3, 0.4) is 0 Å². The molecule has 1 aliphatic rings. The van der Waals surface area contributed by atoms with Gasteiger partial charge < -0.3 is 10.6 Å². The summed E-state index contributed by atoms with van der Waals surface area (Å²) < 4.78 is 0. The van der Waals surface area contributed by atoms with Crippen LogP contribution in [0.2, 0.25) is 0 Å². The highest BCUT2D eigenvalue weighted by Gasteiger charge is 2.41. The Hall–Kier alpha value is -0.0800. The molecule has 2 nitrogen and oxygen atoms in total. The number of rotatable bonds is 4. The average molecular weight is 226 g/mol. The zero-order valence-corrected chi connectivity index (χ0v) is 11.8. The third kappa shape index (κ3) is 2.98. The molecule has 0 radical (unpaired) electrons. The number of hydrogen-bond acceptors (Lipinski definition) is 2. The van der Waals surface area contributed by atoms with Gasteiger partial charge in [0, 0.05) is 11.6 Å². The van der Waals surface area contributed by atoms with E-state index in [1.165, 1.54) is 25.7 Å². The van der Waals surface area contributed by atoms with Crippen molar-refractivity contribution in [1.82, 2.24) is 4.90 Å². The standard InChI is InChI=1S/C14H30N2/c1-11(2)10-13(15)14(16(4)5)8-6-12(3)7-9-14/h11-13H,6-10,15H2,1-5H3. The molecule has 0 aromatic rings. The number of likely N-dealkylation sites (N-methyl/N-ethyl adjacent to an activating group) is 1. The molecule has 2 heteroatoms. The van der Waals surface area contributed by atoms with Crippen molar-refractivity contribution in [2.45, 2.75) is 64.5 Å². The Bertz CT molecular complexity index is 203. The Morgan fingerprint density at radius 1 is 1.25 bits per heavy atom. The van der Waals surface area contributed by atoms with Crippen molar-refractivity contribution in [3.05, 3.63) is 0 Å². The van der Waals surface area contributed by atoms with Crippen LogP contribution in [0.5, 0.6) is 0 Å². The van der Waals surface area contributed by atoms with Crippen molar-refractivity contribution in [3.8, 4) is 0 Å². The van der Waals surface area contributed by atoms with E-state index < -0.39 is 0 Å². The second-order valence-corrected chi connectivity index (χ2v) is 6.42. The minimum Gasteiger partial charge on any atom is -0.326 e. The van der Waals surface area contributed by atoms with Gasteiger partial charge in [-0.2, -0.15) is 0 Å². The molecule has 0 aromatic heterocycles. The first kappa shape index (κ1) is 14.0. The van der Waals surface area contributed by atoms with E-state index in [1.54, 1.807) is 0 Å². The van der Waals surface area contributed by atoms with Gasteiger partial charge in [0.15, 0.2) is 0 Å². The second kappa shape index (κ2) is 5.50. The van der Waals surface area contributed by atoms with Gasteiger partial charge >= 0.3 is 0 Å². The fourth-order valence-electron chi connectivity index (χ4n) is 3.14. The number of nitrogens with two attached hydrogens (primary N) is 1. The highest BCUT2D eigenvalue weighted by Crippen LogP contribution is 2.38. The van der Waals surface area contributed by atoms with Gasteiger partial charge in [0.1, 0.15) is 0 Å². The van der Waals surface area contributed by atoms with Gasteiger partial charge in [-0.05, 0) is 58.0 Å². The van der Waals surface area contributed by atoms with Crippen LogP contribution in [0.15, 0.2) is 0 Å². The molecule has 0 spiro atoms. The monoisotopic (exact) mass is 226 g/mol. The molecule has 1 rings (SSSR count). The van der Waals surface area contributed by atoms with E-state index in [-0.39, 0.29) is 5.54 Å². The summed E-state index contributed by atoms with van der Waals surface area (Å²) in [5.41, 5.74) is 6.75. The molecular weight excluding hydrogens is 196 g/mol. The predicted octanol–water partition coefficient (Wildman–Crippen LogP) is 2.87. The summed E-state index contributed by atoms with van der Waals surface area (Å²) in [5, 5.41) is 0. The Morgan fingerprint density at radius 2 is 1.75 bits per heavy atom. The van der Waals surface area contributed by atoms with Crippen LogP contribution in [-0.2, 0) is 0 Å². The van der Waals surface area contributed by atoms with Crippen molar-refractivity contribution in [2.75, 3.05) is 14.1 Å². The maximum absolute atomic E-state index is 6.49. The molecule has 0 aromatic carbocycles. The summed E-state index contributed by atoms with van der Waals surface area (Å²) in [4.78, 5) is 2.39. The van der Waals surface area contributed by atoms with Crippen molar-refractivity contribution in [1.29, 1.82) is 0 Å². The van der Waals surface area contributed by atoms with Gasteiger partial charge in [-0.1, -0.05) is 20.8 Å². The van der Waals surface area contributed by atoms with Crippen LogP contribution in [0.4, 0.5) is 0 Å². The highest BCUT2D eigenvalue weighted by atomic mass is 15.2. The fourth-order valence-corrected chi connectivity index (χ4v) is 3.14. The van der Waals surface area contributed by atoms with Gasteiger partial charge in [0.25, 0.3) is 0 Å². The summed E-state index contributed by atoms with van der Waals surface area (Å²) in [6.07, 6.45) is 6.37. The van der Waals surface area contributed by atoms with Gasteiger partial charge in [-0.25, -0.2) is 0 Å². The molecule has 1 fully saturated rings. The smallest absolute Gasteiger partial charge is 0.0354 e. The van der Waals surface area contributed by atoms with E-state index in [1.807, 2.05) is 0 Å². The summed E-state index contributed by atoms with van der Waals surface area (Å²) in [6, 6.07) is 0.329. The van der Waals surface area contributed by atoms with E-state index in [0.29, 0.717) is 12.0 Å². The first-order valence-corrected chi connectivity index (χ1v) is 6.81. The SMILES string of the molecule is CC(C)CC(N)C1(N(C)C)CCC(C)CC1. The fraction of sp³-hybridized carbons (Fsp3) is 1.00. The van der Waals surface area contributed by atoms with Gasteiger partial charge in [0.05, 0.1) is 0 Å². The first-order chi connectivity index (χ1) is 7.38. The average Bonchev–Trinajstić information content (AvgIpc) is 2.17. The van der Waals surface area contributed by atoms with E-state index in [4.69, 9.17) is 5.73 Å². The van der Waals surface area contributed by atoms with Crippen LogP contribution in [0, 0.1) is 11.8 Å². The molecular formula is C14H30N2. The van der Waals surface area contributed by atoms with Crippen molar-refractivity contribution in [3.63, 3.8) is 0 Å². The summed E-state index contributed by atoms with van der Waals surface area (Å²) in [6.45, 7) is 6.91. The van der Waals surface area contributed by atoms with Crippen LogP contribution >= 0.6 is 0 Å². The Morgan fingerprint density at radius 3 is 2.12 bits per heavy atom. The summed E-state index contributed by atoms with van der Waals surface area (Å²) >= 11 is 0. The van der Waals surface area contributed by atoms with Crippen molar-refractivity contribution < 1.29 is 0 Å². The second-order valence-electron chi connectivity index (χ2n) is 6.42. The third-order valence-electron chi connectivity index (χ3n) is 4.45. The lowest BCUT2D eigenvalue weighted by Gasteiger charge is -2.49. The van der Waals surface area contributed by atoms with Gasteiger partial charge in [0.2, 0.25) is 0 Å². The lowest BCUT2D eigenvalue weighted by Crippen LogP contribution is -2.59. The van der Waals surface area contributed by atoms with E-state index in [9.17, 15) is 0 Å².